The lowest BCUT2D eigenvalue weighted by molar-refractivity contribution is -0.383. The van der Waals surface area contributed by atoms with E-state index in [4.69, 9.17) is 4.98 Å². The Bertz CT molecular complexity index is 1300. The lowest BCUT2D eigenvalue weighted by Crippen LogP contribution is -2.27. The van der Waals surface area contributed by atoms with Crippen LogP contribution < -0.4 is 10.9 Å². The van der Waals surface area contributed by atoms with Gasteiger partial charge < -0.3 is 5.32 Å². The van der Waals surface area contributed by atoms with Gasteiger partial charge in [-0.2, -0.15) is 0 Å². The van der Waals surface area contributed by atoms with Crippen molar-refractivity contribution in [1.82, 2.24) is 9.55 Å². The number of allylic oxidation sites excluding steroid dienone is 1. The molecule has 1 aliphatic carbocycles. The second-order valence-corrected chi connectivity index (χ2v) is 10.3. The molecule has 8 nitrogen and oxygen atoms in total. The number of nitrogens with zero attached hydrogens (tertiary/aromatic N) is 3. The van der Waals surface area contributed by atoms with Crippen LogP contribution in [0.4, 0.5) is 11.4 Å². The standard InChI is InChI=1S/C23H24N4O4S2/c1-3-13-26-22(29)19-15-9-5-4-6-12-18(15)33-21(19)25-23(26)32-14(2)20(28)24-16-10-7-8-11-17(16)27(30)31/h3,7-8,10-11,14H,1,4-6,9,12-13H2,2H3,(H,24,28). The molecule has 1 unspecified atom stereocenters. The summed E-state index contributed by atoms with van der Waals surface area (Å²) in [5.41, 5.74) is 0.981. The van der Waals surface area contributed by atoms with Crippen molar-refractivity contribution in [2.24, 2.45) is 0 Å². The van der Waals surface area contributed by atoms with Crippen molar-refractivity contribution in [3.05, 3.63) is 67.8 Å². The Labute approximate surface area is 198 Å². The van der Waals surface area contributed by atoms with Gasteiger partial charge in [0.25, 0.3) is 11.2 Å². The largest absolute Gasteiger partial charge is 0.319 e. The van der Waals surface area contributed by atoms with Gasteiger partial charge in [0.1, 0.15) is 10.5 Å². The van der Waals surface area contributed by atoms with Crippen LogP contribution in [0.2, 0.25) is 0 Å². The number of nitro groups is 1. The number of carbonyl (C=O) groups is 1. The van der Waals surface area contributed by atoms with Crippen molar-refractivity contribution < 1.29 is 9.72 Å². The Morgan fingerprint density at radius 1 is 1.36 bits per heavy atom. The number of thioether (sulfide) groups is 1. The van der Waals surface area contributed by atoms with Crippen molar-refractivity contribution in [1.29, 1.82) is 0 Å². The molecule has 1 aromatic carbocycles. The Kier molecular flexibility index (Phi) is 6.94. The monoisotopic (exact) mass is 484 g/mol. The predicted molar refractivity (Wildman–Crippen MR) is 132 cm³/mol. The Hall–Kier alpha value is -2.98. The average molecular weight is 485 g/mol. The number of benzene rings is 1. The number of carbonyl (C=O) groups excluding carboxylic acids is 1. The molecule has 0 aliphatic heterocycles. The summed E-state index contributed by atoms with van der Waals surface area (Å²) in [5.74, 6) is -0.407. The Morgan fingerprint density at radius 2 is 2.12 bits per heavy atom. The van der Waals surface area contributed by atoms with Crippen LogP contribution >= 0.6 is 23.1 Å². The zero-order chi connectivity index (χ0) is 23.5. The highest BCUT2D eigenvalue weighted by atomic mass is 32.2. The number of fused-ring (bicyclic) bond motifs is 3. The van der Waals surface area contributed by atoms with Crippen molar-refractivity contribution in [2.45, 2.75) is 56.0 Å². The number of aromatic nitrogens is 2. The topological polar surface area (TPSA) is 107 Å². The zero-order valence-electron chi connectivity index (χ0n) is 18.2. The number of hydrogen-bond donors (Lipinski definition) is 1. The number of amides is 1. The number of anilines is 1. The van der Waals surface area contributed by atoms with Crippen molar-refractivity contribution in [3.8, 4) is 0 Å². The van der Waals surface area contributed by atoms with Crippen LogP contribution in [0.5, 0.6) is 0 Å². The van der Waals surface area contributed by atoms with Crippen LogP contribution in [-0.2, 0) is 24.2 Å². The summed E-state index contributed by atoms with van der Waals surface area (Å²) < 4.78 is 1.56. The van der Waals surface area contributed by atoms with E-state index in [2.05, 4.69) is 11.9 Å². The summed E-state index contributed by atoms with van der Waals surface area (Å²) in [6, 6.07) is 6.00. The number of para-hydroxylation sites is 2. The fraction of sp³-hybridized carbons (Fsp3) is 0.348. The van der Waals surface area contributed by atoms with Gasteiger partial charge in [0.05, 0.1) is 15.6 Å². The van der Waals surface area contributed by atoms with E-state index in [0.717, 1.165) is 49.4 Å². The highest BCUT2D eigenvalue weighted by molar-refractivity contribution is 8.00. The van der Waals surface area contributed by atoms with Gasteiger partial charge in [0, 0.05) is 17.5 Å². The fourth-order valence-corrected chi connectivity index (χ4v) is 6.18. The van der Waals surface area contributed by atoms with Crippen molar-refractivity contribution in [3.63, 3.8) is 0 Å². The molecule has 0 spiro atoms. The fourth-order valence-electron chi connectivity index (χ4n) is 3.96. The predicted octanol–water partition coefficient (Wildman–Crippen LogP) is 4.94. The minimum atomic E-state index is -0.636. The smallest absolute Gasteiger partial charge is 0.292 e. The van der Waals surface area contributed by atoms with E-state index in [0.29, 0.717) is 15.4 Å². The van der Waals surface area contributed by atoms with E-state index in [1.165, 1.54) is 17.0 Å². The normalized spacial score (nSPS) is 14.3. The SMILES string of the molecule is C=CCn1c(SC(C)C(=O)Nc2ccccc2[N+](=O)[O-])nc2sc3c(c2c1=O)CCCCC3. The second-order valence-electron chi connectivity index (χ2n) is 7.87. The summed E-state index contributed by atoms with van der Waals surface area (Å²) in [6.07, 6.45) is 6.85. The van der Waals surface area contributed by atoms with Gasteiger partial charge >= 0.3 is 0 Å². The summed E-state index contributed by atoms with van der Waals surface area (Å²) in [7, 11) is 0. The van der Waals surface area contributed by atoms with Crippen LogP contribution in [-0.4, -0.2) is 25.6 Å². The van der Waals surface area contributed by atoms with E-state index >= 15 is 0 Å². The molecule has 0 fully saturated rings. The molecule has 1 amide bonds. The lowest BCUT2D eigenvalue weighted by atomic mass is 10.1. The van der Waals surface area contributed by atoms with Gasteiger partial charge in [-0.05, 0) is 44.2 Å². The van der Waals surface area contributed by atoms with Crippen LogP contribution in [0.25, 0.3) is 10.2 Å². The maximum Gasteiger partial charge on any atom is 0.292 e. The maximum absolute atomic E-state index is 13.4. The molecule has 1 aliphatic rings. The van der Waals surface area contributed by atoms with Crippen molar-refractivity contribution in [2.75, 3.05) is 5.32 Å². The maximum atomic E-state index is 13.4. The highest BCUT2D eigenvalue weighted by Gasteiger charge is 2.25. The van der Waals surface area contributed by atoms with Crippen LogP contribution in [0.1, 0.15) is 36.6 Å². The molecule has 10 heteroatoms. The van der Waals surface area contributed by atoms with E-state index in [1.54, 1.807) is 41.0 Å². The molecule has 33 heavy (non-hydrogen) atoms. The van der Waals surface area contributed by atoms with E-state index in [1.807, 2.05) is 0 Å². The van der Waals surface area contributed by atoms with Gasteiger partial charge in [-0.15, -0.1) is 17.9 Å². The Morgan fingerprint density at radius 3 is 2.88 bits per heavy atom. The molecule has 2 heterocycles. The van der Waals surface area contributed by atoms with Crippen LogP contribution in [0.15, 0.2) is 46.9 Å². The van der Waals surface area contributed by atoms with Gasteiger partial charge in [-0.1, -0.05) is 36.4 Å². The molecule has 0 bridgehead atoms. The molecule has 0 saturated heterocycles. The molecule has 0 saturated carbocycles. The number of aryl methyl sites for hydroxylation is 2. The van der Waals surface area contributed by atoms with Crippen molar-refractivity contribution >= 4 is 50.6 Å². The molecule has 3 aromatic rings. The van der Waals surface area contributed by atoms with E-state index < -0.39 is 16.1 Å². The molecule has 1 atom stereocenters. The average Bonchev–Trinajstić information content (AvgIpc) is 2.97. The van der Waals surface area contributed by atoms with Crippen LogP contribution in [0.3, 0.4) is 0 Å². The summed E-state index contributed by atoms with van der Waals surface area (Å²) >= 11 is 2.73. The Balaban J connectivity index is 1.66. The van der Waals surface area contributed by atoms with Gasteiger partial charge in [-0.25, -0.2) is 4.98 Å². The number of nitrogens with one attached hydrogen (secondary N) is 1. The number of thiophene rings is 1. The third-order valence-corrected chi connectivity index (χ3v) is 7.89. The zero-order valence-corrected chi connectivity index (χ0v) is 19.8. The molecular formula is C23H24N4O4S2. The molecule has 1 N–H and O–H groups in total. The minimum absolute atomic E-state index is 0.104. The third kappa shape index (κ3) is 4.72. The first-order valence-corrected chi connectivity index (χ1v) is 12.5. The minimum Gasteiger partial charge on any atom is -0.319 e. The quantitative estimate of drug-likeness (QED) is 0.127. The molecule has 0 radical (unpaired) electrons. The molecule has 172 valence electrons. The highest BCUT2D eigenvalue weighted by Crippen LogP contribution is 2.35. The summed E-state index contributed by atoms with van der Waals surface area (Å²) in [5, 5.41) is 14.4. The molecule has 2 aromatic heterocycles. The summed E-state index contributed by atoms with van der Waals surface area (Å²) in [4.78, 5) is 43.7. The molecule has 4 rings (SSSR count). The second kappa shape index (κ2) is 9.88. The van der Waals surface area contributed by atoms with E-state index in [-0.39, 0.29) is 23.5 Å². The number of nitro benzene ring substituents is 1. The van der Waals surface area contributed by atoms with Gasteiger partial charge in [0.2, 0.25) is 5.91 Å². The first-order valence-electron chi connectivity index (χ1n) is 10.8. The summed E-state index contributed by atoms with van der Waals surface area (Å²) in [6.45, 7) is 5.74. The van der Waals surface area contributed by atoms with E-state index in [9.17, 15) is 19.7 Å². The molecular weight excluding hydrogens is 460 g/mol. The lowest BCUT2D eigenvalue weighted by Gasteiger charge is -2.15. The van der Waals surface area contributed by atoms with Gasteiger partial charge in [0.15, 0.2) is 5.16 Å². The number of rotatable bonds is 7. The van der Waals surface area contributed by atoms with Crippen LogP contribution in [0, 0.1) is 10.1 Å². The van der Waals surface area contributed by atoms with Gasteiger partial charge in [-0.3, -0.25) is 24.3 Å². The first kappa shape index (κ1) is 23.2. The number of hydrogen-bond acceptors (Lipinski definition) is 7. The first-order chi connectivity index (χ1) is 15.9. The third-order valence-electron chi connectivity index (χ3n) is 5.61.